The maximum Gasteiger partial charge on any atom is 0.319 e. The molecular weight excluding hydrogens is 566 g/mol. The van der Waals surface area contributed by atoms with E-state index in [0.29, 0.717) is 48.5 Å². The van der Waals surface area contributed by atoms with E-state index in [2.05, 4.69) is 38.1 Å². The zero-order valence-electron chi connectivity index (χ0n) is 24.3. The molecule has 0 aliphatic carbocycles. The number of pyridine rings is 1. The van der Waals surface area contributed by atoms with E-state index >= 15 is 4.39 Å². The molecule has 0 radical (unpaired) electrons. The largest absolute Gasteiger partial charge is 0.508 e. The van der Waals surface area contributed by atoms with Crippen LogP contribution in [0.1, 0.15) is 24.8 Å². The summed E-state index contributed by atoms with van der Waals surface area (Å²) in [5.74, 6) is 1.48. The Morgan fingerprint density at radius 1 is 1.20 bits per heavy atom. The molecule has 6 heterocycles. The van der Waals surface area contributed by atoms with Crippen LogP contribution >= 0.6 is 0 Å². The van der Waals surface area contributed by atoms with Gasteiger partial charge in [-0.15, -0.1) is 6.42 Å². The van der Waals surface area contributed by atoms with Gasteiger partial charge in [-0.25, -0.2) is 8.78 Å². The lowest BCUT2D eigenvalue weighted by atomic mass is 9.84. The molecule has 11 heteroatoms. The van der Waals surface area contributed by atoms with Gasteiger partial charge >= 0.3 is 6.01 Å². The smallest absolute Gasteiger partial charge is 0.319 e. The zero-order chi connectivity index (χ0) is 30.2. The summed E-state index contributed by atoms with van der Waals surface area (Å²) in [4.78, 5) is 18.4. The molecule has 2 aromatic carbocycles. The number of fused-ring (bicyclic) bond motifs is 5. The summed E-state index contributed by atoms with van der Waals surface area (Å²) in [6, 6.07) is 6.50. The van der Waals surface area contributed by atoms with Gasteiger partial charge in [-0.1, -0.05) is 12.0 Å². The quantitative estimate of drug-likeness (QED) is 0.332. The van der Waals surface area contributed by atoms with Crippen molar-refractivity contribution in [3.05, 3.63) is 47.7 Å². The van der Waals surface area contributed by atoms with Gasteiger partial charge in [0.15, 0.2) is 5.82 Å². The van der Waals surface area contributed by atoms with Gasteiger partial charge in [-0.3, -0.25) is 4.98 Å². The lowest BCUT2D eigenvalue weighted by molar-refractivity contribution is 0.100. The number of rotatable bonds is 5. The number of likely N-dealkylation sites (tertiary alicyclic amines) is 1. The molecule has 44 heavy (non-hydrogen) atoms. The van der Waals surface area contributed by atoms with Crippen molar-refractivity contribution in [1.82, 2.24) is 25.2 Å². The normalized spacial score (nSPS) is 26.4. The number of likely N-dealkylation sites (N-methyl/N-ethyl adjacent to an activating group) is 1. The van der Waals surface area contributed by atoms with Crippen molar-refractivity contribution in [3.8, 4) is 35.4 Å². The van der Waals surface area contributed by atoms with Crippen LogP contribution in [-0.4, -0.2) is 89.6 Å². The van der Waals surface area contributed by atoms with Gasteiger partial charge in [0.2, 0.25) is 0 Å². The van der Waals surface area contributed by atoms with E-state index in [1.54, 1.807) is 6.20 Å². The first-order valence-corrected chi connectivity index (χ1v) is 15.0. The van der Waals surface area contributed by atoms with Crippen LogP contribution in [0.15, 0.2) is 30.5 Å². The summed E-state index contributed by atoms with van der Waals surface area (Å²) in [7, 11) is 2.09. The highest BCUT2D eigenvalue weighted by atomic mass is 19.1. The van der Waals surface area contributed by atoms with Crippen molar-refractivity contribution in [2.75, 3.05) is 51.4 Å². The number of aromatic nitrogens is 3. The summed E-state index contributed by atoms with van der Waals surface area (Å²) < 4.78 is 43.7. The van der Waals surface area contributed by atoms with E-state index in [0.717, 1.165) is 38.9 Å². The van der Waals surface area contributed by atoms with Crippen molar-refractivity contribution >= 4 is 27.5 Å². The Morgan fingerprint density at radius 3 is 2.82 bits per heavy atom. The summed E-state index contributed by atoms with van der Waals surface area (Å²) in [6.07, 6.45) is 10.3. The Bertz CT molecular complexity index is 1850. The number of nitrogens with one attached hydrogen (secondary N) is 1. The molecule has 4 aliphatic rings. The van der Waals surface area contributed by atoms with Gasteiger partial charge in [0.1, 0.15) is 35.2 Å². The van der Waals surface area contributed by atoms with Crippen molar-refractivity contribution in [2.24, 2.45) is 5.41 Å². The number of aromatic hydroxyl groups is 1. The average molecular weight is 599 g/mol. The van der Waals surface area contributed by atoms with E-state index in [1.807, 2.05) is 0 Å². The number of piperazine rings is 1. The molecule has 2 unspecified atom stereocenters. The third-order valence-corrected chi connectivity index (χ3v) is 9.97. The standard InChI is InChI=1S/C33H32F2N6O3/c1-3-22-25(34)7-4-18-10-21(42)11-23(27(18)22)29-28(35)30-24(12-36-29)31(41-13-19-5-6-20(14-41)37-19)39-32(38-30)44-17-33-8-9-40(2)26(33)15-43-16-33/h1,4,7,10-12,19-20,26,37,42H,5-6,8-9,13-17H2,2H3/t19-,20+,26?,33?. The van der Waals surface area contributed by atoms with Crippen molar-refractivity contribution < 1.29 is 23.4 Å². The molecule has 2 bridgehead atoms. The number of anilines is 1. The van der Waals surface area contributed by atoms with E-state index in [-0.39, 0.29) is 50.9 Å². The topological polar surface area (TPSA) is 95.9 Å². The second kappa shape index (κ2) is 10.2. The van der Waals surface area contributed by atoms with Crippen LogP contribution in [0.5, 0.6) is 11.8 Å². The molecule has 2 aromatic heterocycles. The van der Waals surface area contributed by atoms with Crippen molar-refractivity contribution in [3.63, 3.8) is 0 Å². The minimum absolute atomic E-state index is 0.0309. The summed E-state index contributed by atoms with van der Waals surface area (Å²) in [5, 5.41) is 15.4. The molecule has 4 aromatic rings. The second-order valence-corrected chi connectivity index (χ2v) is 12.6. The Kier molecular flexibility index (Phi) is 6.38. The molecule has 226 valence electrons. The number of hydrogen-bond donors (Lipinski definition) is 2. The lowest BCUT2D eigenvalue weighted by Gasteiger charge is -2.34. The van der Waals surface area contributed by atoms with Crippen LogP contribution < -0.4 is 15.0 Å². The molecule has 0 spiro atoms. The molecule has 4 fully saturated rings. The molecule has 2 N–H and O–H groups in total. The molecule has 4 aliphatic heterocycles. The highest BCUT2D eigenvalue weighted by molar-refractivity contribution is 6.03. The Balaban J connectivity index is 1.28. The predicted molar refractivity (Wildman–Crippen MR) is 162 cm³/mol. The first-order chi connectivity index (χ1) is 21.3. The van der Waals surface area contributed by atoms with Crippen LogP contribution in [0, 0.1) is 29.4 Å². The number of halogens is 2. The van der Waals surface area contributed by atoms with Gasteiger partial charge in [-0.2, -0.15) is 9.97 Å². The fourth-order valence-electron chi connectivity index (χ4n) is 7.69. The zero-order valence-corrected chi connectivity index (χ0v) is 24.3. The van der Waals surface area contributed by atoms with E-state index in [4.69, 9.17) is 20.9 Å². The van der Waals surface area contributed by atoms with Gasteiger partial charge in [0, 0.05) is 53.8 Å². The number of ether oxygens (including phenoxy) is 2. The van der Waals surface area contributed by atoms with E-state index in [1.165, 1.54) is 24.3 Å². The number of nitrogens with zero attached hydrogens (tertiary/aromatic N) is 5. The minimum atomic E-state index is -0.728. The average Bonchev–Trinajstić information content (AvgIpc) is 3.69. The number of hydrogen-bond acceptors (Lipinski definition) is 9. The maximum absolute atomic E-state index is 16.8. The van der Waals surface area contributed by atoms with Gasteiger partial charge < -0.3 is 29.7 Å². The van der Waals surface area contributed by atoms with Gasteiger partial charge in [0.25, 0.3) is 0 Å². The Morgan fingerprint density at radius 2 is 2.02 bits per heavy atom. The summed E-state index contributed by atoms with van der Waals surface area (Å²) in [6.45, 7) is 3.98. The first-order valence-electron chi connectivity index (χ1n) is 15.0. The molecular formula is C33H32F2N6O3. The van der Waals surface area contributed by atoms with Crippen molar-refractivity contribution in [2.45, 2.75) is 37.4 Å². The Labute approximate surface area is 253 Å². The fraction of sp³-hybridized carbons (Fsp3) is 0.424. The number of benzene rings is 2. The molecule has 9 nitrogen and oxygen atoms in total. The van der Waals surface area contributed by atoms with Gasteiger partial charge in [0.05, 0.1) is 24.2 Å². The molecule has 0 saturated carbocycles. The summed E-state index contributed by atoms with van der Waals surface area (Å²) in [5.41, 5.74) is -0.0994. The van der Waals surface area contributed by atoms with Crippen LogP contribution in [0.2, 0.25) is 0 Å². The number of phenolic OH excluding ortho intramolecular Hbond substituents is 1. The lowest BCUT2D eigenvalue weighted by Crippen LogP contribution is -2.51. The molecule has 4 atom stereocenters. The van der Waals surface area contributed by atoms with Crippen LogP contribution in [0.25, 0.3) is 32.9 Å². The monoisotopic (exact) mass is 598 g/mol. The van der Waals surface area contributed by atoms with Crippen LogP contribution in [0.3, 0.4) is 0 Å². The fourth-order valence-corrected chi connectivity index (χ4v) is 7.69. The highest BCUT2D eigenvalue weighted by Crippen LogP contribution is 2.42. The van der Waals surface area contributed by atoms with Crippen molar-refractivity contribution in [1.29, 1.82) is 0 Å². The number of terminal acetylenes is 1. The first kappa shape index (κ1) is 27.4. The number of phenols is 1. The van der Waals surface area contributed by atoms with Crippen LogP contribution in [-0.2, 0) is 4.74 Å². The third-order valence-electron chi connectivity index (χ3n) is 9.97. The van der Waals surface area contributed by atoms with E-state index < -0.39 is 11.6 Å². The van der Waals surface area contributed by atoms with Crippen LogP contribution in [0.4, 0.5) is 14.6 Å². The molecule has 0 amide bonds. The maximum atomic E-state index is 16.8. The third kappa shape index (κ3) is 4.27. The van der Waals surface area contributed by atoms with Gasteiger partial charge in [-0.05, 0) is 56.4 Å². The SMILES string of the molecule is C#Cc1c(F)ccc2cc(O)cc(-c3ncc4c(N5C[C@H]6CC[C@@H](C5)N6)nc(OCC56CCN(C)C5COC6)nc4c3F)c12. The Hall–Kier alpha value is -4.11. The van der Waals surface area contributed by atoms with E-state index in [9.17, 15) is 9.50 Å². The second-order valence-electron chi connectivity index (χ2n) is 12.6. The predicted octanol–water partition coefficient (Wildman–Crippen LogP) is 3.85. The minimum Gasteiger partial charge on any atom is -0.508 e. The molecule has 4 saturated heterocycles. The summed E-state index contributed by atoms with van der Waals surface area (Å²) >= 11 is 0. The molecule has 8 rings (SSSR count). The highest BCUT2D eigenvalue weighted by Gasteiger charge is 2.51.